The van der Waals surface area contributed by atoms with Gasteiger partial charge >= 0.3 is 0 Å². The molecule has 0 amide bonds. The zero-order chi connectivity index (χ0) is 10.7. The first kappa shape index (κ1) is 10.5. The zero-order valence-corrected chi connectivity index (χ0v) is 8.71. The van der Waals surface area contributed by atoms with Crippen LogP contribution in [0.1, 0.15) is 15.9 Å². The van der Waals surface area contributed by atoms with Gasteiger partial charge in [-0.25, -0.2) is 0 Å². The number of anilines is 1. The maximum Gasteiger partial charge on any atom is 0.175 e. The van der Waals surface area contributed by atoms with Crippen molar-refractivity contribution in [1.82, 2.24) is 0 Å². The highest BCUT2D eigenvalue weighted by molar-refractivity contribution is 9.09. The average molecular weight is 255 g/mol. The summed E-state index contributed by atoms with van der Waals surface area (Å²) >= 11 is 2.99. The molecular weight excluding hydrogens is 248 g/mol. The van der Waals surface area contributed by atoms with Crippen molar-refractivity contribution in [3.63, 3.8) is 0 Å². The number of rotatable bonds is 2. The second kappa shape index (κ2) is 4.11. The molecule has 0 saturated carbocycles. The molecule has 0 aliphatic carbocycles. The molecule has 1 aromatic rings. The van der Waals surface area contributed by atoms with E-state index in [9.17, 15) is 9.90 Å². The molecule has 3 N–H and O–H groups in total. The highest BCUT2D eigenvalue weighted by Gasteiger charge is 2.13. The lowest BCUT2D eigenvalue weighted by Crippen LogP contribution is -2.06. The predicted octanol–water partition coefficient (Wildman–Crippen LogP) is 1.42. The van der Waals surface area contributed by atoms with Crippen LogP contribution in [0.2, 0.25) is 0 Å². The van der Waals surface area contributed by atoms with Gasteiger partial charge < -0.3 is 10.8 Å². The highest BCUT2D eigenvalue weighted by Crippen LogP contribution is 2.24. The van der Waals surface area contributed by atoms with Crippen molar-refractivity contribution >= 4 is 27.4 Å². The van der Waals surface area contributed by atoms with Gasteiger partial charge in [0.15, 0.2) is 5.78 Å². The molecule has 4 nitrogen and oxygen atoms in total. The number of halogens is 1. The topological polar surface area (TPSA) is 87.1 Å². The van der Waals surface area contributed by atoms with Gasteiger partial charge in [0.05, 0.1) is 16.6 Å². The molecule has 0 heterocycles. The fourth-order valence-corrected chi connectivity index (χ4v) is 1.34. The van der Waals surface area contributed by atoms with E-state index < -0.39 is 0 Å². The molecule has 0 saturated heterocycles. The van der Waals surface area contributed by atoms with E-state index in [-0.39, 0.29) is 33.7 Å². The van der Waals surface area contributed by atoms with E-state index in [1.54, 1.807) is 6.07 Å². The summed E-state index contributed by atoms with van der Waals surface area (Å²) in [6.45, 7) is 0. The number of nitrogens with zero attached hydrogens (tertiary/aromatic N) is 1. The summed E-state index contributed by atoms with van der Waals surface area (Å²) in [7, 11) is 0. The van der Waals surface area contributed by atoms with Gasteiger partial charge in [-0.1, -0.05) is 15.9 Å². The van der Waals surface area contributed by atoms with Crippen LogP contribution in [0.5, 0.6) is 5.75 Å². The molecule has 5 heteroatoms. The number of hydrogen-bond donors (Lipinski definition) is 2. The second-order valence-corrected chi connectivity index (χ2v) is 3.18. The Morgan fingerprint density at radius 2 is 2.29 bits per heavy atom. The molecule has 0 fully saturated rings. The van der Waals surface area contributed by atoms with Crippen molar-refractivity contribution in [3.8, 4) is 11.8 Å². The van der Waals surface area contributed by atoms with E-state index >= 15 is 0 Å². The lowest BCUT2D eigenvalue weighted by molar-refractivity contribution is 0.102. The number of aromatic hydroxyl groups is 1. The number of phenols is 1. The summed E-state index contributed by atoms with van der Waals surface area (Å²) in [6.07, 6.45) is 0. The van der Waals surface area contributed by atoms with Gasteiger partial charge in [0, 0.05) is 5.56 Å². The average Bonchev–Trinajstić information content (AvgIpc) is 2.19. The van der Waals surface area contributed by atoms with Crippen molar-refractivity contribution in [1.29, 1.82) is 5.26 Å². The number of carbonyl (C=O) groups is 1. The molecule has 0 atom stereocenters. The van der Waals surface area contributed by atoms with Gasteiger partial charge in [-0.2, -0.15) is 5.26 Å². The largest absolute Gasteiger partial charge is 0.508 e. The Balaban J connectivity index is 3.38. The lowest BCUT2D eigenvalue weighted by Gasteiger charge is -2.05. The molecule has 0 unspecified atom stereocenters. The zero-order valence-electron chi connectivity index (χ0n) is 7.12. The summed E-state index contributed by atoms with van der Waals surface area (Å²) < 4.78 is 0. The number of benzene rings is 1. The number of nitriles is 1. The molecule has 0 aliphatic rings. The van der Waals surface area contributed by atoms with E-state index in [2.05, 4.69) is 15.9 Å². The summed E-state index contributed by atoms with van der Waals surface area (Å²) in [6, 6.07) is 4.28. The van der Waals surface area contributed by atoms with Crippen LogP contribution in [0, 0.1) is 11.3 Å². The van der Waals surface area contributed by atoms with Gasteiger partial charge in [0.2, 0.25) is 0 Å². The third kappa shape index (κ3) is 1.86. The first-order valence-electron chi connectivity index (χ1n) is 3.72. The molecule has 14 heavy (non-hydrogen) atoms. The van der Waals surface area contributed by atoms with Crippen LogP contribution < -0.4 is 5.73 Å². The summed E-state index contributed by atoms with van der Waals surface area (Å²) in [5.74, 6) is -0.407. The minimum Gasteiger partial charge on any atom is -0.508 e. The molecule has 0 aromatic heterocycles. The van der Waals surface area contributed by atoms with Crippen LogP contribution in [0.4, 0.5) is 5.69 Å². The van der Waals surface area contributed by atoms with Crippen LogP contribution >= 0.6 is 15.9 Å². The van der Waals surface area contributed by atoms with Crippen molar-refractivity contribution < 1.29 is 9.90 Å². The summed E-state index contributed by atoms with van der Waals surface area (Å²) in [5, 5.41) is 18.0. The standard InChI is InChI=1S/C9H7BrN2O2/c10-3-8(14)7-2-6(13)1-5(4-11)9(7)12/h1-2,13H,3,12H2. The van der Waals surface area contributed by atoms with E-state index in [0.717, 1.165) is 0 Å². The SMILES string of the molecule is N#Cc1cc(O)cc(C(=O)CBr)c1N. The number of carbonyl (C=O) groups excluding carboxylic acids is 1. The molecule has 0 aliphatic heterocycles. The Morgan fingerprint density at radius 3 is 2.79 bits per heavy atom. The fraction of sp³-hybridized carbons (Fsp3) is 0.111. The summed E-state index contributed by atoms with van der Waals surface area (Å²) in [4.78, 5) is 11.3. The van der Waals surface area contributed by atoms with Gasteiger partial charge in [-0.15, -0.1) is 0 Å². The first-order valence-corrected chi connectivity index (χ1v) is 4.84. The quantitative estimate of drug-likeness (QED) is 0.362. The van der Waals surface area contributed by atoms with Gasteiger partial charge in [0.25, 0.3) is 0 Å². The predicted molar refractivity (Wildman–Crippen MR) is 55.4 cm³/mol. The molecule has 72 valence electrons. The Hall–Kier alpha value is -1.54. The van der Waals surface area contributed by atoms with Crippen molar-refractivity contribution in [2.24, 2.45) is 0 Å². The minimum absolute atomic E-state index is 0.103. The molecular formula is C9H7BrN2O2. The van der Waals surface area contributed by atoms with Crippen LogP contribution in [-0.4, -0.2) is 16.2 Å². The second-order valence-electron chi connectivity index (χ2n) is 2.62. The molecule has 0 radical (unpaired) electrons. The maximum atomic E-state index is 11.3. The molecule has 1 rings (SSSR count). The van der Waals surface area contributed by atoms with E-state index in [1.807, 2.05) is 0 Å². The third-order valence-electron chi connectivity index (χ3n) is 1.71. The van der Waals surface area contributed by atoms with Crippen LogP contribution in [-0.2, 0) is 0 Å². The Morgan fingerprint density at radius 1 is 1.64 bits per heavy atom. The third-order valence-corrected chi connectivity index (χ3v) is 2.22. The Bertz CT molecular complexity index is 424. The minimum atomic E-state index is -0.269. The van der Waals surface area contributed by atoms with Crippen LogP contribution in [0.15, 0.2) is 12.1 Å². The number of phenolic OH excluding ortho intramolecular Hbond substituents is 1. The highest BCUT2D eigenvalue weighted by atomic mass is 79.9. The Kier molecular flexibility index (Phi) is 3.10. The number of ketones is 1. The number of alkyl halides is 1. The smallest absolute Gasteiger partial charge is 0.175 e. The van der Waals surface area contributed by atoms with E-state index in [0.29, 0.717) is 0 Å². The van der Waals surface area contributed by atoms with E-state index in [1.165, 1.54) is 12.1 Å². The lowest BCUT2D eigenvalue weighted by atomic mass is 10.0. The fourth-order valence-electron chi connectivity index (χ4n) is 1.03. The number of hydrogen-bond acceptors (Lipinski definition) is 4. The van der Waals surface area contributed by atoms with Gasteiger partial charge in [-0.05, 0) is 12.1 Å². The molecule has 0 bridgehead atoms. The number of nitrogen functional groups attached to an aromatic ring is 1. The van der Waals surface area contributed by atoms with Crippen molar-refractivity contribution in [2.45, 2.75) is 0 Å². The first-order chi connectivity index (χ1) is 6.60. The van der Waals surface area contributed by atoms with Gasteiger partial charge in [-0.3, -0.25) is 4.79 Å². The van der Waals surface area contributed by atoms with Gasteiger partial charge in [0.1, 0.15) is 11.8 Å². The van der Waals surface area contributed by atoms with Crippen LogP contribution in [0.25, 0.3) is 0 Å². The summed E-state index contributed by atoms with van der Waals surface area (Å²) in [5.41, 5.74) is 5.94. The number of Topliss-reactive ketones (excluding diaryl/α,β-unsaturated/α-hetero) is 1. The normalized spacial score (nSPS) is 9.43. The molecule has 1 aromatic carbocycles. The monoisotopic (exact) mass is 254 g/mol. The van der Waals surface area contributed by atoms with Crippen molar-refractivity contribution in [2.75, 3.05) is 11.1 Å². The van der Waals surface area contributed by atoms with Crippen molar-refractivity contribution in [3.05, 3.63) is 23.3 Å². The van der Waals surface area contributed by atoms with Crippen LogP contribution in [0.3, 0.4) is 0 Å². The number of nitrogens with two attached hydrogens (primary N) is 1. The Labute approximate surface area is 89.1 Å². The maximum absolute atomic E-state index is 11.3. The van der Waals surface area contributed by atoms with E-state index in [4.69, 9.17) is 11.0 Å². The molecule has 0 spiro atoms.